The fourth-order valence-electron chi connectivity index (χ4n) is 1.34. The largest absolute Gasteiger partial charge is 0.432 e. The van der Waals surface area contributed by atoms with E-state index in [4.69, 9.17) is 10.00 Å². The lowest BCUT2D eigenvalue weighted by Crippen LogP contribution is -1.95. The number of pyridine rings is 1. The Morgan fingerprint density at radius 1 is 1.37 bits per heavy atom. The summed E-state index contributed by atoms with van der Waals surface area (Å²) >= 11 is 0. The molecular formula is C12H6FN3O3. The summed E-state index contributed by atoms with van der Waals surface area (Å²) < 4.78 is 18.1. The van der Waals surface area contributed by atoms with E-state index in [0.717, 1.165) is 18.2 Å². The number of hydrogen-bond acceptors (Lipinski definition) is 5. The second kappa shape index (κ2) is 5.10. The van der Waals surface area contributed by atoms with Crippen LogP contribution < -0.4 is 4.74 Å². The van der Waals surface area contributed by atoms with Crippen molar-refractivity contribution in [1.82, 2.24) is 4.98 Å². The van der Waals surface area contributed by atoms with Crippen LogP contribution in [0.25, 0.3) is 0 Å². The number of halogens is 1. The molecule has 0 N–H and O–H groups in total. The normalized spacial score (nSPS) is 9.68. The van der Waals surface area contributed by atoms with E-state index in [9.17, 15) is 14.5 Å². The molecule has 19 heavy (non-hydrogen) atoms. The van der Waals surface area contributed by atoms with Gasteiger partial charge in [0.1, 0.15) is 11.9 Å². The summed E-state index contributed by atoms with van der Waals surface area (Å²) in [6.45, 7) is 0. The highest BCUT2D eigenvalue weighted by molar-refractivity contribution is 5.48. The van der Waals surface area contributed by atoms with Gasteiger partial charge in [0.15, 0.2) is 0 Å². The number of nitriles is 1. The Kier molecular flexibility index (Phi) is 3.34. The number of benzene rings is 1. The molecule has 0 saturated heterocycles. The average molecular weight is 259 g/mol. The molecule has 0 fully saturated rings. The number of nitrogens with zero attached hydrogens (tertiary/aromatic N) is 3. The number of nitro benzene ring substituents is 1. The van der Waals surface area contributed by atoms with Gasteiger partial charge in [0.05, 0.1) is 16.6 Å². The van der Waals surface area contributed by atoms with Gasteiger partial charge >= 0.3 is 5.69 Å². The Morgan fingerprint density at radius 3 is 2.74 bits per heavy atom. The lowest BCUT2D eigenvalue weighted by atomic mass is 10.3. The van der Waals surface area contributed by atoms with Crippen molar-refractivity contribution in [3.63, 3.8) is 0 Å². The van der Waals surface area contributed by atoms with E-state index < -0.39 is 16.4 Å². The highest BCUT2D eigenvalue weighted by Gasteiger charge is 2.17. The number of aromatic nitrogens is 1. The first kappa shape index (κ1) is 12.4. The van der Waals surface area contributed by atoms with Crippen LogP contribution in [-0.4, -0.2) is 9.91 Å². The minimum Gasteiger partial charge on any atom is -0.432 e. The lowest BCUT2D eigenvalue weighted by Gasteiger charge is -2.05. The maximum atomic E-state index is 12.9. The van der Waals surface area contributed by atoms with Gasteiger partial charge in [-0.15, -0.1) is 0 Å². The maximum absolute atomic E-state index is 12.9. The minimum atomic E-state index is -0.748. The van der Waals surface area contributed by atoms with Gasteiger partial charge in [-0.05, 0) is 18.2 Å². The Morgan fingerprint density at radius 2 is 2.16 bits per heavy atom. The van der Waals surface area contributed by atoms with Crippen molar-refractivity contribution in [2.75, 3.05) is 0 Å². The van der Waals surface area contributed by atoms with E-state index in [1.54, 1.807) is 0 Å². The number of nitro groups is 1. The van der Waals surface area contributed by atoms with E-state index in [2.05, 4.69) is 4.98 Å². The first-order valence-electron chi connectivity index (χ1n) is 5.08. The van der Waals surface area contributed by atoms with Crippen LogP contribution >= 0.6 is 0 Å². The third-order valence-corrected chi connectivity index (χ3v) is 2.20. The zero-order valence-corrected chi connectivity index (χ0v) is 9.41. The summed E-state index contributed by atoms with van der Waals surface area (Å²) in [5.41, 5.74) is -0.160. The zero-order chi connectivity index (χ0) is 13.8. The van der Waals surface area contributed by atoms with Gasteiger partial charge in [-0.1, -0.05) is 0 Å². The molecule has 2 rings (SSSR count). The molecule has 0 atom stereocenters. The predicted molar refractivity (Wildman–Crippen MR) is 62.1 cm³/mol. The van der Waals surface area contributed by atoms with Crippen molar-refractivity contribution in [3.05, 3.63) is 58.0 Å². The number of rotatable bonds is 3. The van der Waals surface area contributed by atoms with Gasteiger partial charge in [0.2, 0.25) is 11.6 Å². The third-order valence-electron chi connectivity index (χ3n) is 2.20. The Hall–Kier alpha value is -3.01. The summed E-state index contributed by atoms with van der Waals surface area (Å²) in [5.74, 6) is -0.774. The molecule has 2 aromatic rings. The van der Waals surface area contributed by atoms with Crippen LogP contribution in [0.2, 0.25) is 0 Å². The fourth-order valence-corrected chi connectivity index (χ4v) is 1.34. The second-order valence-corrected chi connectivity index (χ2v) is 3.47. The molecule has 0 saturated carbocycles. The van der Waals surface area contributed by atoms with Gasteiger partial charge in [0, 0.05) is 12.3 Å². The van der Waals surface area contributed by atoms with Gasteiger partial charge in [0.25, 0.3) is 0 Å². The van der Waals surface area contributed by atoms with Crippen LogP contribution in [0.3, 0.4) is 0 Å². The molecule has 0 aliphatic heterocycles. The molecule has 0 aliphatic carbocycles. The van der Waals surface area contributed by atoms with Gasteiger partial charge in [-0.3, -0.25) is 10.1 Å². The molecule has 0 amide bonds. The predicted octanol–water partition coefficient (Wildman–Crippen LogP) is 2.79. The average Bonchev–Trinajstić information content (AvgIpc) is 2.41. The summed E-state index contributed by atoms with van der Waals surface area (Å²) in [5, 5.41) is 19.4. The molecule has 0 spiro atoms. The van der Waals surface area contributed by atoms with Crippen molar-refractivity contribution in [3.8, 4) is 17.7 Å². The Labute approximate surface area is 106 Å². The van der Waals surface area contributed by atoms with Crippen molar-refractivity contribution >= 4 is 5.69 Å². The van der Waals surface area contributed by atoms with Crippen molar-refractivity contribution < 1.29 is 14.1 Å². The van der Waals surface area contributed by atoms with Crippen LogP contribution in [-0.2, 0) is 0 Å². The van der Waals surface area contributed by atoms with E-state index >= 15 is 0 Å². The van der Waals surface area contributed by atoms with Crippen LogP contribution in [0, 0.1) is 27.3 Å². The lowest BCUT2D eigenvalue weighted by molar-refractivity contribution is -0.385. The Balaban J connectivity index is 2.32. The molecule has 7 heteroatoms. The first-order chi connectivity index (χ1) is 9.10. The number of ether oxygens (including phenoxy) is 1. The van der Waals surface area contributed by atoms with Crippen LogP contribution in [0.5, 0.6) is 11.6 Å². The summed E-state index contributed by atoms with van der Waals surface area (Å²) in [6, 6.07) is 7.69. The fraction of sp³-hybridized carbons (Fsp3) is 0. The SMILES string of the molecule is N#Cc1ccc(Oc2ccc(F)cc2[N+](=O)[O-])nc1. The van der Waals surface area contributed by atoms with Gasteiger partial charge in [-0.2, -0.15) is 5.26 Å². The standard InChI is InChI=1S/C12H6FN3O3/c13-9-2-3-11(10(5-9)16(17)18)19-12-4-1-8(6-14)7-15-12/h1-5,7H. The number of hydrogen-bond donors (Lipinski definition) is 0. The van der Waals surface area contributed by atoms with Crippen LogP contribution in [0.1, 0.15) is 5.56 Å². The summed E-state index contributed by atoms with van der Waals surface area (Å²) in [6.07, 6.45) is 1.27. The summed E-state index contributed by atoms with van der Waals surface area (Å²) in [7, 11) is 0. The molecule has 1 heterocycles. The van der Waals surface area contributed by atoms with E-state index in [-0.39, 0.29) is 11.6 Å². The van der Waals surface area contributed by atoms with E-state index in [1.807, 2.05) is 6.07 Å². The molecule has 1 aromatic carbocycles. The highest BCUT2D eigenvalue weighted by atomic mass is 19.1. The third kappa shape index (κ3) is 2.81. The monoisotopic (exact) mass is 259 g/mol. The molecule has 6 nitrogen and oxygen atoms in total. The topological polar surface area (TPSA) is 89.0 Å². The van der Waals surface area contributed by atoms with Crippen LogP contribution in [0.15, 0.2) is 36.5 Å². The van der Waals surface area contributed by atoms with E-state index in [0.29, 0.717) is 5.56 Å². The highest BCUT2D eigenvalue weighted by Crippen LogP contribution is 2.30. The van der Waals surface area contributed by atoms with Crippen LogP contribution in [0.4, 0.5) is 10.1 Å². The quantitative estimate of drug-likeness (QED) is 0.624. The van der Waals surface area contributed by atoms with E-state index in [1.165, 1.54) is 18.3 Å². The molecular weight excluding hydrogens is 253 g/mol. The molecule has 94 valence electrons. The smallest absolute Gasteiger partial charge is 0.314 e. The molecule has 0 radical (unpaired) electrons. The minimum absolute atomic E-state index is 0.0775. The Bertz CT molecular complexity index is 665. The summed E-state index contributed by atoms with van der Waals surface area (Å²) in [4.78, 5) is 13.8. The van der Waals surface area contributed by atoms with Crippen molar-refractivity contribution in [2.45, 2.75) is 0 Å². The van der Waals surface area contributed by atoms with Gasteiger partial charge < -0.3 is 4.74 Å². The van der Waals surface area contributed by atoms with Gasteiger partial charge in [-0.25, -0.2) is 9.37 Å². The maximum Gasteiger partial charge on any atom is 0.314 e. The van der Waals surface area contributed by atoms with Crippen molar-refractivity contribution in [2.24, 2.45) is 0 Å². The zero-order valence-electron chi connectivity index (χ0n) is 9.41. The molecule has 0 aliphatic rings. The molecule has 0 unspecified atom stereocenters. The molecule has 1 aromatic heterocycles. The van der Waals surface area contributed by atoms with Crippen molar-refractivity contribution in [1.29, 1.82) is 5.26 Å². The first-order valence-corrected chi connectivity index (χ1v) is 5.08. The molecule has 0 bridgehead atoms. The second-order valence-electron chi connectivity index (χ2n) is 3.47.